The van der Waals surface area contributed by atoms with Crippen LogP contribution in [0, 0.1) is 0 Å². The van der Waals surface area contributed by atoms with E-state index in [0.29, 0.717) is 32.4 Å². The molecule has 3 N–H and O–H groups in total. The molecule has 1 rings (SSSR count). The standard InChI is InChI=1S/C16H29N3O5S/c1-16(2,3)24-14(21)18-12(7-10-25-4)13(20)17-11-5-8-19(9-6-11)15(22)23/h11-12H,5-10H2,1-4H3,(H,17,20)(H,18,21)(H,22,23)/t12-/m0/s1. The Bertz CT molecular complexity index is 473. The number of carbonyl (C=O) groups excluding carboxylic acids is 2. The fourth-order valence-electron chi connectivity index (χ4n) is 2.47. The second-order valence-corrected chi connectivity index (χ2v) is 8.02. The number of nitrogens with zero attached hydrogens (tertiary/aromatic N) is 1. The first kappa shape index (κ1) is 21.4. The third-order valence-corrected chi connectivity index (χ3v) is 4.37. The van der Waals surface area contributed by atoms with Crippen LogP contribution in [0.2, 0.25) is 0 Å². The van der Waals surface area contributed by atoms with Gasteiger partial charge in [0.05, 0.1) is 0 Å². The van der Waals surface area contributed by atoms with Gasteiger partial charge in [-0.15, -0.1) is 0 Å². The zero-order chi connectivity index (χ0) is 19.0. The van der Waals surface area contributed by atoms with E-state index in [1.165, 1.54) is 4.90 Å². The lowest BCUT2D eigenvalue weighted by Gasteiger charge is -2.31. The highest BCUT2D eigenvalue weighted by molar-refractivity contribution is 7.98. The Balaban J connectivity index is 2.55. The zero-order valence-electron chi connectivity index (χ0n) is 15.3. The smallest absolute Gasteiger partial charge is 0.408 e. The molecular weight excluding hydrogens is 346 g/mol. The normalized spacial score (nSPS) is 16.9. The second-order valence-electron chi connectivity index (χ2n) is 7.03. The number of carboxylic acid groups (broad SMARTS) is 1. The molecular formula is C16H29N3O5S. The summed E-state index contributed by atoms with van der Waals surface area (Å²) >= 11 is 1.59. The number of hydrogen-bond acceptors (Lipinski definition) is 5. The van der Waals surface area contributed by atoms with Crippen LogP contribution in [0.25, 0.3) is 0 Å². The monoisotopic (exact) mass is 375 g/mol. The van der Waals surface area contributed by atoms with Gasteiger partial charge in [-0.3, -0.25) is 4.79 Å². The Labute approximate surface area is 153 Å². The lowest BCUT2D eigenvalue weighted by molar-refractivity contribution is -0.124. The van der Waals surface area contributed by atoms with E-state index in [4.69, 9.17) is 9.84 Å². The van der Waals surface area contributed by atoms with Gasteiger partial charge in [0, 0.05) is 19.1 Å². The average molecular weight is 375 g/mol. The van der Waals surface area contributed by atoms with Crippen molar-refractivity contribution in [2.75, 3.05) is 25.1 Å². The molecule has 0 aromatic heterocycles. The number of rotatable bonds is 6. The maximum absolute atomic E-state index is 12.5. The van der Waals surface area contributed by atoms with Gasteiger partial charge < -0.3 is 25.4 Å². The van der Waals surface area contributed by atoms with Gasteiger partial charge in [-0.25, -0.2) is 9.59 Å². The van der Waals surface area contributed by atoms with E-state index >= 15 is 0 Å². The molecule has 144 valence electrons. The largest absolute Gasteiger partial charge is 0.465 e. The molecule has 0 radical (unpaired) electrons. The Morgan fingerprint density at radius 2 is 1.88 bits per heavy atom. The van der Waals surface area contributed by atoms with Gasteiger partial charge in [-0.1, -0.05) is 0 Å². The van der Waals surface area contributed by atoms with Gasteiger partial charge in [0.15, 0.2) is 0 Å². The van der Waals surface area contributed by atoms with Gasteiger partial charge in [0.2, 0.25) is 5.91 Å². The highest BCUT2D eigenvalue weighted by Gasteiger charge is 2.28. The third-order valence-electron chi connectivity index (χ3n) is 3.73. The van der Waals surface area contributed by atoms with Crippen molar-refractivity contribution in [3.05, 3.63) is 0 Å². The topological polar surface area (TPSA) is 108 Å². The molecule has 3 amide bonds. The van der Waals surface area contributed by atoms with Gasteiger partial charge in [-0.2, -0.15) is 11.8 Å². The molecule has 0 spiro atoms. The summed E-state index contributed by atoms with van der Waals surface area (Å²) in [6.07, 6.45) is 2.02. The molecule has 1 saturated heterocycles. The summed E-state index contributed by atoms with van der Waals surface area (Å²) in [6, 6.07) is -0.750. The molecule has 0 bridgehead atoms. The maximum Gasteiger partial charge on any atom is 0.408 e. The van der Waals surface area contributed by atoms with E-state index in [1.807, 2.05) is 6.26 Å². The van der Waals surface area contributed by atoms with Crippen LogP contribution in [0.5, 0.6) is 0 Å². The molecule has 0 saturated carbocycles. The number of piperidine rings is 1. The number of amides is 3. The molecule has 0 aromatic rings. The molecule has 0 aliphatic carbocycles. The first-order valence-electron chi connectivity index (χ1n) is 8.39. The summed E-state index contributed by atoms with van der Waals surface area (Å²) in [6.45, 7) is 6.09. The second kappa shape index (κ2) is 9.74. The van der Waals surface area contributed by atoms with E-state index in [9.17, 15) is 14.4 Å². The number of likely N-dealkylation sites (tertiary alicyclic amines) is 1. The SMILES string of the molecule is CSCC[C@H](NC(=O)OC(C)(C)C)C(=O)NC1CCN(C(=O)O)CC1. The van der Waals surface area contributed by atoms with Crippen molar-refractivity contribution in [1.29, 1.82) is 0 Å². The quantitative estimate of drug-likeness (QED) is 0.654. The molecule has 9 heteroatoms. The summed E-state index contributed by atoms with van der Waals surface area (Å²) in [5.74, 6) is 0.472. The van der Waals surface area contributed by atoms with Crippen molar-refractivity contribution >= 4 is 29.9 Å². The fraction of sp³-hybridized carbons (Fsp3) is 0.812. The highest BCUT2D eigenvalue weighted by Crippen LogP contribution is 2.12. The molecule has 1 atom stereocenters. The van der Waals surface area contributed by atoms with Gasteiger partial charge in [-0.05, 0) is 52.0 Å². The van der Waals surface area contributed by atoms with E-state index in [1.54, 1.807) is 32.5 Å². The van der Waals surface area contributed by atoms with Crippen LogP contribution in [-0.4, -0.2) is 70.9 Å². The minimum atomic E-state index is -0.936. The van der Waals surface area contributed by atoms with Crippen molar-refractivity contribution in [2.24, 2.45) is 0 Å². The number of thioether (sulfide) groups is 1. The van der Waals surface area contributed by atoms with Gasteiger partial charge in [0.1, 0.15) is 11.6 Å². The van der Waals surface area contributed by atoms with Crippen LogP contribution in [0.4, 0.5) is 9.59 Å². The first-order chi connectivity index (χ1) is 11.6. The Morgan fingerprint density at radius 1 is 1.28 bits per heavy atom. The molecule has 1 aliphatic heterocycles. The van der Waals surface area contributed by atoms with E-state index in [-0.39, 0.29) is 11.9 Å². The van der Waals surface area contributed by atoms with E-state index in [2.05, 4.69) is 10.6 Å². The Kier molecular flexibility index (Phi) is 8.34. The Morgan fingerprint density at radius 3 is 2.36 bits per heavy atom. The number of carbonyl (C=O) groups is 3. The lowest BCUT2D eigenvalue weighted by atomic mass is 10.0. The number of hydrogen-bond donors (Lipinski definition) is 3. The van der Waals surface area contributed by atoms with Crippen molar-refractivity contribution in [3.8, 4) is 0 Å². The zero-order valence-corrected chi connectivity index (χ0v) is 16.1. The molecule has 8 nitrogen and oxygen atoms in total. The Hall–Kier alpha value is -1.64. The molecule has 1 aliphatic rings. The van der Waals surface area contributed by atoms with E-state index < -0.39 is 23.8 Å². The minimum Gasteiger partial charge on any atom is -0.465 e. The molecule has 1 heterocycles. The highest BCUT2D eigenvalue weighted by atomic mass is 32.2. The van der Waals surface area contributed by atoms with Gasteiger partial charge >= 0.3 is 12.2 Å². The van der Waals surface area contributed by atoms with Crippen molar-refractivity contribution in [1.82, 2.24) is 15.5 Å². The summed E-state index contributed by atoms with van der Waals surface area (Å²) < 4.78 is 5.22. The summed E-state index contributed by atoms with van der Waals surface area (Å²) in [4.78, 5) is 36.7. The van der Waals surface area contributed by atoms with Crippen molar-refractivity contribution in [3.63, 3.8) is 0 Å². The summed E-state index contributed by atoms with van der Waals surface area (Å²) in [7, 11) is 0. The van der Waals surface area contributed by atoms with Crippen LogP contribution in [-0.2, 0) is 9.53 Å². The predicted octanol–water partition coefficient (Wildman–Crippen LogP) is 1.89. The average Bonchev–Trinajstić information content (AvgIpc) is 2.50. The molecule has 1 fully saturated rings. The van der Waals surface area contributed by atoms with E-state index in [0.717, 1.165) is 5.75 Å². The van der Waals surface area contributed by atoms with Crippen LogP contribution < -0.4 is 10.6 Å². The minimum absolute atomic E-state index is 0.0830. The van der Waals surface area contributed by atoms with Crippen LogP contribution in [0.1, 0.15) is 40.0 Å². The predicted molar refractivity (Wildman–Crippen MR) is 96.9 cm³/mol. The first-order valence-corrected chi connectivity index (χ1v) is 9.78. The third kappa shape index (κ3) is 8.33. The van der Waals surface area contributed by atoms with Gasteiger partial charge in [0.25, 0.3) is 0 Å². The van der Waals surface area contributed by atoms with Crippen molar-refractivity contribution in [2.45, 2.75) is 57.7 Å². The molecule has 25 heavy (non-hydrogen) atoms. The lowest BCUT2D eigenvalue weighted by Crippen LogP contribution is -2.53. The van der Waals surface area contributed by atoms with Crippen LogP contribution in [0.3, 0.4) is 0 Å². The number of ether oxygens (including phenoxy) is 1. The number of alkyl carbamates (subject to hydrolysis) is 1. The molecule has 0 unspecified atom stereocenters. The number of nitrogens with one attached hydrogen (secondary N) is 2. The van der Waals surface area contributed by atoms with Crippen molar-refractivity contribution < 1.29 is 24.2 Å². The fourth-order valence-corrected chi connectivity index (χ4v) is 2.94. The van der Waals surface area contributed by atoms with Crippen LogP contribution in [0.15, 0.2) is 0 Å². The molecule has 0 aromatic carbocycles. The summed E-state index contributed by atoms with van der Waals surface area (Å²) in [5.41, 5.74) is -0.631. The maximum atomic E-state index is 12.5. The summed E-state index contributed by atoms with van der Waals surface area (Å²) in [5, 5.41) is 14.5. The van der Waals surface area contributed by atoms with Crippen LogP contribution >= 0.6 is 11.8 Å².